The van der Waals surface area contributed by atoms with Gasteiger partial charge >= 0.3 is 0 Å². The van der Waals surface area contributed by atoms with E-state index in [9.17, 15) is 9.59 Å². The quantitative estimate of drug-likeness (QED) is 0.816. The molecule has 0 aliphatic carbocycles. The Labute approximate surface area is 115 Å². The van der Waals surface area contributed by atoms with E-state index in [4.69, 9.17) is 4.74 Å². The molecule has 1 N–H and O–H groups in total. The molecule has 5 heteroatoms. The van der Waals surface area contributed by atoms with Crippen molar-refractivity contribution in [3.05, 3.63) is 0 Å². The molecule has 0 radical (unpaired) electrons. The van der Waals surface area contributed by atoms with E-state index < -0.39 is 6.04 Å². The van der Waals surface area contributed by atoms with Crippen LogP contribution in [0.5, 0.6) is 0 Å². The molecule has 1 saturated heterocycles. The highest BCUT2D eigenvalue weighted by atomic mass is 16.5. The molecule has 0 spiro atoms. The number of hydrogen-bond acceptors (Lipinski definition) is 3. The van der Waals surface area contributed by atoms with Crippen LogP contribution in [0.15, 0.2) is 0 Å². The van der Waals surface area contributed by atoms with Crippen molar-refractivity contribution in [1.29, 1.82) is 0 Å². The third kappa shape index (κ3) is 4.49. The zero-order chi connectivity index (χ0) is 14.6. The summed E-state index contributed by atoms with van der Waals surface area (Å²) in [6.07, 6.45) is 0.509. The maximum Gasteiger partial charge on any atom is 0.245 e. The molecule has 2 amide bonds. The van der Waals surface area contributed by atoms with Crippen LogP contribution in [0.2, 0.25) is 0 Å². The highest BCUT2D eigenvalue weighted by Crippen LogP contribution is 2.15. The van der Waals surface area contributed by atoms with E-state index in [1.807, 2.05) is 34.6 Å². The van der Waals surface area contributed by atoms with Crippen molar-refractivity contribution < 1.29 is 14.3 Å². The molecule has 1 rings (SSSR count). The van der Waals surface area contributed by atoms with Crippen LogP contribution in [0.1, 0.15) is 41.0 Å². The normalized spacial score (nSPS) is 24.9. The molecule has 0 aromatic rings. The van der Waals surface area contributed by atoms with Gasteiger partial charge in [0, 0.05) is 19.0 Å². The van der Waals surface area contributed by atoms with Gasteiger partial charge in [0.05, 0.1) is 12.7 Å². The summed E-state index contributed by atoms with van der Waals surface area (Å²) >= 11 is 0. The van der Waals surface area contributed by atoms with E-state index in [2.05, 4.69) is 5.32 Å². The van der Waals surface area contributed by atoms with E-state index in [1.165, 1.54) is 0 Å². The van der Waals surface area contributed by atoms with Crippen molar-refractivity contribution in [2.75, 3.05) is 13.2 Å². The van der Waals surface area contributed by atoms with Gasteiger partial charge in [0.2, 0.25) is 11.8 Å². The summed E-state index contributed by atoms with van der Waals surface area (Å²) in [4.78, 5) is 26.0. The summed E-state index contributed by atoms with van der Waals surface area (Å²) in [5.74, 6) is 0.0443. The number of rotatable bonds is 5. The van der Waals surface area contributed by atoms with Crippen LogP contribution in [-0.4, -0.2) is 48.1 Å². The zero-order valence-electron chi connectivity index (χ0n) is 12.6. The minimum atomic E-state index is -0.420. The molecule has 2 atom stereocenters. The van der Waals surface area contributed by atoms with Crippen LogP contribution < -0.4 is 5.32 Å². The van der Waals surface area contributed by atoms with Crippen LogP contribution in [0.4, 0.5) is 0 Å². The first-order chi connectivity index (χ1) is 8.82. The number of nitrogens with zero attached hydrogens (tertiary/aromatic N) is 1. The number of amides is 2. The van der Waals surface area contributed by atoms with Crippen LogP contribution in [-0.2, 0) is 14.3 Å². The maximum atomic E-state index is 12.5. The van der Waals surface area contributed by atoms with Crippen LogP contribution in [0, 0.1) is 5.92 Å². The minimum Gasteiger partial charge on any atom is -0.377 e. The van der Waals surface area contributed by atoms with Crippen molar-refractivity contribution in [1.82, 2.24) is 10.2 Å². The Morgan fingerprint density at radius 2 is 1.95 bits per heavy atom. The van der Waals surface area contributed by atoms with E-state index in [1.54, 1.807) is 4.90 Å². The Morgan fingerprint density at radius 3 is 2.47 bits per heavy atom. The second-order valence-corrected chi connectivity index (χ2v) is 5.79. The van der Waals surface area contributed by atoms with Gasteiger partial charge in [0.1, 0.15) is 6.04 Å². The van der Waals surface area contributed by atoms with Gasteiger partial charge in [0.15, 0.2) is 0 Å². The van der Waals surface area contributed by atoms with Crippen LogP contribution >= 0.6 is 0 Å². The van der Waals surface area contributed by atoms with E-state index in [-0.39, 0.29) is 29.9 Å². The fraction of sp³-hybridized carbons (Fsp3) is 0.857. The lowest BCUT2D eigenvalue weighted by molar-refractivity contribution is -0.137. The van der Waals surface area contributed by atoms with Crippen molar-refractivity contribution in [3.8, 4) is 0 Å². The van der Waals surface area contributed by atoms with Gasteiger partial charge in [0.25, 0.3) is 0 Å². The number of nitrogens with one attached hydrogen (secondary N) is 1. The summed E-state index contributed by atoms with van der Waals surface area (Å²) < 4.78 is 5.51. The number of carbonyl (C=O) groups excluding carboxylic acids is 2. The lowest BCUT2D eigenvalue weighted by Crippen LogP contribution is -2.49. The van der Waals surface area contributed by atoms with E-state index in [0.29, 0.717) is 19.6 Å². The third-order valence-electron chi connectivity index (χ3n) is 3.33. The molecule has 0 saturated carbocycles. The highest BCUT2D eigenvalue weighted by Gasteiger charge is 2.35. The molecule has 0 bridgehead atoms. The maximum absolute atomic E-state index is 12.5. The van der Waals surface area contributed by atoms with Crippen molar-refractivity contribution in [3.63, 3.8) is 0 Å². The molecule has 5 nitrogen and oxygen atoms in total. The first-order valence-electron chi connectivity index (χ1n) is 7.04. The molecule has 2 unspecified atom stereocenters. The number of carbonyl (C=O) groups is 2. The molecular weight excluding hydrogens is 244 g/mol. The van der Waals surface area contributed by atoms with Gasteiger partial charge in [-0.3, -0.25) is 9.59 Å². The fourth-order valence-electron chi connectivity index (χ4n) is 2.24. The van der Waals surface area contributed by atoms with E-state index in [0.717, 1.165) is 0 Å². The largest absolute Gasteiger partial charge is 0.377 e. The Kier molecular flexibility index (Phi) is 5.79. The van der Waals surface area contributed by atoms with Crippen LogP contribution in [0.3, 0.4) is 0 Å². The van der Waals surface area contributed by atoms with Gasteiger partial charge in [-0.15, -0.1) is 0 Å². The first-order valence-corrected chi connectivity index (χ1v) is 7.04. The standard InChI is InChI=1S/C14H26N2O3/c1-9(2)13-14(18)16(6-7-19-10(3)4)11(5)8-12(17)15-13/h9-11,13H,6-8H2,1-5H3,(H,15,17). The fourth-order valence-corrected chi connectivity index (χ4v) is 2.24. The molecule has 1 aliphatic heterocycles. The van der Waals surface area contributed by atoms with Crippen LogP contribution in [0.25, 0.3) is 0 Å². The third-order valence-corrected chi connectivity index (χ3v) is 3.33. The summed E-state index contributed by atoms with van der Waals surface area (Å²) in [5.41, 5.74) is 0. The van der Waals surface area contributed by atoms with Gasteiger partial charge < -0.3 is 15.0 Å². The number of hydrogen-bond donors (Lipinski definition) is 1. The Balaban J connectivity index is 2.74. The minimum absolute atomic E-state index is 0.000654. The van der Waals surface area contributed by atoms with Crippen molar-refractivity contribution in [2.24, 2.45) is 5.92 Å². The highest BCUT2D eigenvalue weighted by molar-refractivity contribution is 5.90. The summed E-state index contributed by atoms with van der Waals surface area (Å²) in [6, 6.07) is -0.497. The SMILES string of the molecule is CC(C)OCCN1C(=O)C(C(C)C)NC(=O)CC1C. The molecule has 1 heterocycles. The van der Waals surface area contributed by atoms with Crippen molar-refractivity contribution >= 4 is 11.8 Å². The summed E-state index contributed by atoms with van der Waals surface area (Å²) in [5, 5.41) is 2.82. The first kappa shape index (κ1) is 16.0. The van der Waals surface area contributed by atoms with E-state index >= 15 is 0 Å². The predicted octanol–water partition coefficient (Wildman–Crippen LogP) is 1.17. The Hall–Kier alpha value is -1.10. The zero-order valence-corrected chi connectivity index (χ0v) is 12.6. The molecule has 0 aromatic carbocycles. The predicted molar refractivity (Wildman–Crippen MR) is 73.6 cm³/mol. The van der Waals surface area contributed by atoms with Gasteiger partial charge in [-0.05, 0) is 26.7 Å². The summed E-state index contributed by atoms with van der Waals surface area (Å²) in [7, 11) is 0. The molecule has 110 valence electrons. The molecule has 1 fully saturated rings. The summed E-state index contributed by atoms with van der Waals surface area (Å²) in [6.45, 7) is 10.8. The molecule has 0 aromatic heterocycles. The van der Waals surface area contributed by atoms with Gasteiger partial charge in [-0.25, -0.2) is 0 Å². The Morgan fingerprint density at radius 1 is 1.32 bits per heavy atom. The second-order valence-electron chi connectivity index (χ2n) is 5.79. The monoisotopic (exact) mass is 270 g/mol. The van der Waals surface area contributed by atoms with Crippen molar-refractivity contribution in [2.45, 2.75) is 59.2 Å². The Bertz CT molecular complexity index is 329. The topological polar surface area (TPSA) is 58.6 Å². The molecule has 19 heavy (non-hydrogen) atoms. The smallest absolute Gasteiger partial charge is 0.245 e. The average Bonchev–Trinajstić information content (AvgIpc) is 2.39. The average molecular weight is 270 g/mol. The second kappa shape index (κ2) is 6.89. The molecular formula is C14H26N2O3. The number of ether oxygens (including phenoxy) is 1. The van der Waals surface area contributed by atoms with Gasteiger partial charge in [-0.2, -0.15) is 0 Å². The lowest BCUT2D eigenvalue weighted by atomic mass is 10.0. The lowest BCUT2D eigenvalue weighted by Gasteiger charge is -2.30. The molecule has 1 aliphatic rings. The van der Waals surface area contributed by atoms with Gasteiger partial charge in [-0.1, -0.05) is 13.8 Å².